The molecule has 1 heterocycles. The van der Waals surface area contributed by atoms with Crippen molar-refractivity contribution in [1.29, 1.82) is 0 Å². The van der Waals surface area contributed by atoms with Crippen LogP contribution in [0.4, 0.5) is 18.9 Å². The van der Waals surface area contributed by atoms with Crippen LogP contribution < -0.4 is 5.32 Å². The minimum atomic E-state index is -4.25. The summed E-state index contributed by atoms with van der Waals surface area (Å²) < 4.78 is 37.7. The lowest BCUT2D eigenvalue weighted by atomic mass is 9.88. The predicted molar refractivity (Wildman–Crippen MR) is 81.5 cm³/mol. The number of thioether (sulfide) groups is 2. The van der Waals surface area contributed by atoms with E-state index in [1.165, 1.54) is 6.07 Å². The van der Waals surface area contributed by atoms with Crippen molar-refractivity contribution in [2.75, 3.05) is 16.8 Å². The lowest BCUT2D eigenvalue weighted by molar-refractivity contribution is -0.0328. The molecule has 1 saturated heterocycles. The molecule has 0 radical (unpaired) electrons. The van der Waals surface area contributed by atoms with Gasteiger partial charge in [-0.2, -0.15) is 24.9 Å². The molecule has 1 atom stereocenters. The maximum Gasteiger partial charge on any atom is 0.446 e. The Hall–Kier alpha value is -0.490. The summed E-state index contributed by atoms with van der Waals surface area (Å²) in [5, 5.41) is 3.29. The van der Waals surface area contributed by atoms with Gasteiger partial charge >= 0.3 is 5.51 Å². The van der Waals surface area contributed by atoms with Crippen LogP contribution in [0.3, 0.4) is 0 Å². The van der Waals surface area contributed by atoms with E-state index in [4.69, 9.17) is 0 Å². The summed E-state index contributed by atoms with van der Waals surface area (Å²) in [5.74, 6) is 2.04. The Bertz CT molecular complexity index is 460. The van der Waals surface area contributed by atoms with Crippen LogP contribution in [0, 0.1) is 5.41 Å². The van der Waals surface area contributed by atoms with E-state index in [1.807, 2.05) is 11.8 Å². The van der Waals surface area contributed by atoms with Crippen LogP contribution in [0.15, 0.2) is 29.2 Å². The van der Waals surface area contributed by atoms with Crippen molar-refractivity contribution < 1.29 is 13.2 Å². The SMILES string of the molecule is CC1(C)CSCC(Nc2ccccc2SC(F)(F)F)C1. The lowest BCUT2D eigenvalue weighted by Gasteiger charge is -2.35. The standard InChI is InChI=1S/C14H18F3NS2/c1-13(2)7-10(8-19-9-13)18-11-5-3-4-6-12(11)20-14(15,16)17/h3-6,10,18H,7-9H2,1-2H3. The van der Waals surface area contributed by atoms with Gasteiger partial charge in [0.05, 0.1) is 0 Å². The Balaban J connectivity index is 2.09. The maximum atomic E-state index is 12.6. The number of nitrogens with one attached hydrogen (secondary N) is 1. The van der Waals surface area contributed by atoms with E-state index in [1.54, 1.807) is 18.2 Å². The first-order valence-corrected chi connectivity index (χ1v) is 8.41. The number of rotatable bonds is 3. The summed E-state index contributed by atoms with van der Waals surface area (Å²) >= 11 is 1.80. The second kappa shape index (κ2) is 6.10. The zero-order valence-electron chi connectivity index (χ0n) is 11.5. The number of para-hydroxylation sites is 1. The molecule has 0 spiro atoms. The summed E-state index contributed by atoms with van der Waals surface area (Å²) in [6.45, 7) is 4.40. The predicted octanol–water partition coefficient (Wildman–Crippen LogP) is 5.24. The molecule has 20 heavy (non-hydrogen) atoms. The molecular weight excluding hydrogens is 303 g/mol. The molecule has 0 amide bonds. The van der Waals surface area contributed by atoms with Crippen LogP contribution >= 0.6 is 23.5 Å². The first-order valence-electron chi connectivity index (χ1n) is 6.44. The molecule has 0 saturated carbocycles. The molecule has 1 aromatic rings. The van der Waals surface area contributed by atoms with E-state index in [2.05, 4.69) is 19.2 Å². The van der Waals surface area contributed by atoms with Gasteiger partial charge in [0.15, 0.2) is 0 Å². The number of halogens is 3. The molecular formula is C14H18F3NS2. The summed E-state index contributed by atoms with van der Waals surface area (Å²) in [6.07, 6.45) is 0.977. The van der Waals surface area contributed by atoms with Crippen LogP contribution in [-0.2, 0) is 0 Å². The molecule has 1 aliphatic rings. The van der Waals surface area contributed by atoms with E-state index >= 15 is 0 Å². The van der Waals surface area contributed by atoms with Gasteiger partial charge in [0.2, 0.25) is 0 Å². The van der Waals surface area contributed by atoms with Crippen molar-refractivity contribution in [2.24, 2.45) is 5.41 Å². The molecule has 112 valence electrons. The molecule has 6 heteroatoms. The Morgan fingerprint density at radius 1 is 1.30 bits per heavy atom. The summed E-state index contributed by atoms with van der Waals surface area (Å²) in [6, 6.07) is 6.86. The third-order valence-corrected chi connectivity index (χ3v) is 5.51. The third kappa shape index (κ3) is 4.81. The van der Waals surface area contributed by atoms with E-state index in [-0.39, 0.29) is 28.1 Å². The van der Waals surface area contributed by atoms with Crippen LogP contribution in [0.25, 0.3) is 0 Å². The zero-order valence-corrected chi connectivity index (χ0v) is 13.1. The van der Waals surface area contributed by atoms with Gasteiger partial charge in [-0.3, -0.25) is 0 Å². The first-order chi connectivity index (χ1) is 9.25. The first kappa shape index (κ1) is 15.9. The monoisotopic (exact) mass is 321 g/mol. The molecule has 0 aliphatic carbocycles. The van der Waals surface area contributed by atoms with Crippen molar-refractivity contribution in [1.82, 2.24) is 0 Å². The molecule has 2 rings (SSSR count). The number of hydrogen-bond donors (Lipinski definition) is 1. The molecule has 1 fully saturated rings. The van der Waals surface area contributed by atoms with Crippen molar-refractivity contribution in [3.05, 3.63) is 24.3 Å². The van der Waals surface area contributed by atoms with Gasteiger partial charge in [0, 0.05) is 22.4 Å². The highest BCUT2D eigenvalue weighted by atomic mass is 32.2. The van der Waals surface area contributed by atoms with Crippen molar-refractivity contribution >= 4 is 29.2 Å². The number of anilines is 1. The van der Waals surface area contributed by atoms with Gasteiger partial charge in [0.1, 0.15) is 0 Å². The van der Waals surface area contributed by atoms with Gasteiger partial charge < -0.3 is 5.32 Å². The van der Waals surface area contributed by atoms with Crippen LogP contribution in [0.1, 0.15) is 20.3 Å². The van der Waals surface area contributed by atoms with E-state index in [0.29, 0.717) is 5.69 Å². The summed E-state index contributed by atoms with van der Waals surface area (Å²) in [7, 11) is 0. The minimum Gasteiger partial charge on any atom is -0.381 e. The van der Waals surface area contributed by atoms with Gasteiger partial charge in [-0.1, -0.05) is 26.0 Å². The molecule has 1 nitrogen and oxygen atoms in total. The van der Waals surface area contributed by atoms with Crippen molar-refractivity contribution in [3.63, 3.8) is 0 Å². The smallest absolute Gasteiger partial charge is 0.381 e. The normalized spacial score (nSPS) is 22.6. The van der Waals surface area contributed by atoms with E-state index < -0.39 is 5.51 Å². The second-order valence-corrected chi connectivity index (χ2v) is 7.91. The van der Waals surface area contributed by atoms with E-state index in [9.17, 15) is 13.2 Å². The van der Waals surface area contributed by atoms with E-state index in [0.717, 1.165) is 17.9 Å². The Labute approximate surface area is 126 Å². The van der Waals surface area contributed by atoms with Gasteiger partial charge in [-0.25, -0.2) is 0 Å². The fourth-order valence-electron chi connectivity index (χ4n) is 2.37. The summed E-state index contributed by atoms with van der Waals surface area (Å²) in [5.41, 5.74) is -3.44. The number of benzene rings is 1. The Morgan fingerprint density at radius 3 is 2.65 bits per heavy atom. The molecule has 1 unspecified atom stereocenters. The summed E-state index contributed by atoms with van der Waals surface area (Å²) in [4.78, 5) is 0.244. The minimum absolute atomic E-state index is 0.0535. The average molecular weight is 321 g/mol. The number of hydrogen-bond acceptors (Lipinski definition) is 3. The van der Waals surface area contributed by atoms with Gasteiger partial charge in [-0.15, -0.1) is 0 Å². The molecule has 1 aromatic carbocycles. The van der Waals surface area contributed by atoms with Crippen LogP contribution in [0.2, 0.25) is 0 Å². The topological polar surface area (TPSA) is 12.0 Å². The fraction of sp³-hybridized carbons (Fsp3) is 0.571. The largest absolute Gasteiger partial charge is 0.446 e. The maximum absolute atomic E-state index is 12.6. The molecule has 0 bridgehead atoms. The zero-order chi connectivity index (χ0) is 14.8. The Morgan fingerprint density at radius 2 is 2.00 bits per heavy atom. The highest BCUT2D eigenvalue weighted by Gasteiger charge is 2.32. The van der Waals surface area contributed by atoms with Crippen molar-refractivity contribution in [3.8, 4) is 0 Å². The second-order valence-electron chi connectivity index (χ2n) is 5.77. The highest BCUT2D eigenvalue weighted by Crippen LogP contribution is 2.41. The Kier molecular flexibility index (Phi) is 4.84. The highest BCUT2D eigenvalue weighted by molar-refractivity contribution is 8.00. The number of alkyl halides is 3. The van der Waals surface area contributed by atoms with Gasteiger partial charge in [-0.05, 0) is 41.5 Å². The third-order valence-electron chi connectivity index (χ3n) is 3.08. The molecule has 0 aromatic heterocycles. The molecule has 1 aliphatic heterocycles. The van der Waals surface area contributed by atoms with Crippen LogP contribution in [-0.4, -0.2) is 23.1 Å². The average Bonchev–Trinajstić information content (AvgIpc) is 2.28. The van der Waals surface area contributed by atoms with Gasteiger partial charge in [0.25, 0.3) is 0 Å². The fourth-order valence-corrected chi connectivity index (χ4v) is 4.28. The molecule has 1 N–H and O–H groups in total. The lowest BCUT2D eigenvalue weighted by Crippen LogP contribution is -2.35. The van der Waals surface area contributed by atoms with Crippen LogP contribution in [0.5, 0.6) is 0 Å². The quantitative estimate of drug-likeness (QED) is 0.764. The van der Waals surface area contributed by atoms with Crippen molar-refractivity contribution in [2.45, 2.75) is 36.7 Å².